The fraction of sp³-hybridized carbons (Fsp3) is 0.241. The van der Waals surface area contributed by atoms with Gasteiger partial charge in [-0.1, -0.05) is 79.2 Å². The van der Waals surface area contributed by atoms with E-state index in [1.165, 1.54) is 16.7 Å². The van der Waals surface area contributed by atoms with Crippen molar-refractivity contribution in [1.29, 1.82) is 0 Å². The van der Waals surface area contributed by atoms with Crippen molar-refractivity contribution in [3.8, 4) is 5.75 Å². The number of hydrogen-bond acceptors (Lipinski definition) is 4. The molecule has 0 unspecified atom stereocenters. The topological polar surface area (TPSA) is 58.6 Å². The molecule has 186 valence electrons. The summed E-state index contributed by atoms with van der Waals surface area (Å²) in [5.74, 6) is 0.351. The third-order valence-corrected chi connectivity index (χ3v) is 7.27. The number of unbranched alkanes of at least 4 members (excludes halogenated alkanes) is 1. The van der Waals surface area contributed by atoms with Crippen LogP contribution in [0.25, 0.3) is 6.08 Å². The Hall–Kier alpha value is -3.22. The van der Waals surface area contributed by atoms with Crippen LogP contribution in [-0.4, -0.2) is 25.0 Å². The number of nitrogens with zero attached hydrogens (tertiary/aromatic N) is 1. The summed E-state index contributed by atoms with van der Waals surface area (Å²) in [6.45, 7) is 4.66. The summed E-state index contributed by atoms with van der Waals surface area (Å²) in [6.07, 6.45) is 3.88. The molecule has 0 spiro atoms. The first-order valence-corrected chi connectivity index (χ1v) is 13.2. The van der Waals surface area contributed by atoms with E-state index in [4.69, 9.17) is 16.3 Å². The molecule has 36 heavy (non-hydrogen) atoms. The lowest BCUT2D eigenvalue weighted by Crippen LogP contribution is -2.43. The molecular weight excluding hydrogens is 492 g/mol. The van der Waals surface area contributed by atoms with Crippen molar-refractivity contribution < 1.29 is 14.3 Å². The van der Waals surface area contributed by atoms with Gasteiger partial charge in [0.25, 0.3) is 5.91 Å². The van der Waals surface area contributed by atoms with Gasteiger partial charge in [-0.15, -0.1) is 0 Å². The lowest BCUT2D eigenvalue weighted by molar-refractivity contribution is -0.122. The highest BCUT2D eigenvalue weighted by Gasteiger charge is 2.30. The third kappa shape index (κ3) is 6.31. The Balaban J connectivity index is 1.47. The summed E-state index contributed by atoms with van der Waals surface area (Å²) in [7, 11) is 0. The van der Waals surface area contributed by atoms with Crippen LogP contribution in [0.15, 0.2) is 82.6 Å². The largest absolute Gasteiger partial charge is 0.494 e. The molecule has 3 aromatic rings. The van der Waals surface area contributed by atoms with Gasteiger partial charge in [0.05, 0.1) is 23.2 Å². The van der Waals surface area contributed by atoms with Crippen molar-refractivity contribution in [1.82, 2.24) is 5.32 Å². The second kappa shape index (κ2) is 12.2. The number of amides is 2. The van der Waals surface area contributed by atoms with Gasteiger partial charge in [-0.2, -0.15) is 0 Å². The Kier molecular flexibility index (Phi) is 8.73. The van der Waals surface area contributed by atoms with Gasteiger partial charge in [0.2, 0.25) is 5.91 Å². The number of rotatable bonds is 9. The molecule has 1 N–H and O–H groups in total. The van der Waals surface area contributed by atoms with Crippen molar-refractivity contribution in [2.75, 3.05) is 18.1 Å². The van der Waals surface area contributed by atoms with Crippen LogP contribution in [-0.2, 0) is 9.59 Å². The number of ether oxygens (including phenoxy) is 1. The SMILES string of the molecule is CCCCOc1ccc([C@H](C)NC(=O)CN2C(=O)/C(=C\c3ccccc3Cl)Sc3ccccc32)cc1. The Morgan fingerprint density at radius 2 is 1.81 bits per heavy atom. The normalized spacial score (nSPS) is 14.9. The van der Waals surface area contributed by atoms with E-state index < -0.39 is 0 Å². The summed E-state index contributed by atoms with van der Waals surface area (Å²) in [6, 6.07) is 22.5. The maximum Gasteiger partial charge on any atom is 0.265 e. The van der Waals surface area contributed by atoms with E-state index in [1.54, 1.807) is 12.1 Å². The standard InChI is InChI=1S/C29H29ClN2O3S/c1-3-4-17-35-23-15-13-21(14-16-23)20(2)31-28(33)19-32-25-11-7-8-12-26(25)36-27(29(32)34)18-22-9-5-6-10-24(22)30/h5-16,18,20H,3-4,17,19H2,1-2H3,(H,31,33)/b27-18+/t20-/m0/s1. The Morgan fingerprint density at radius 1 is 1.08 bits per heavy atom. The molecule has 1 aliphatic heterocycles. The van der Waals surface area contributed by atoms with Gasteiger partial charge >= 0.3 is 0 Å². The molecule has 4 rings (SSSR count). The molecule has 3 aromatic carbocycles. The summed E-state index contributed by atoms with van der Waals surface area (Å²) in [5, 5.41) is 3.59. The van der Waals surface area contributed by atoms with Crippen LogP contribution >= 0.6 is 23.4 Å². The number of carbonyl (C=O) groups excluding carboxylic acids is 2. The smallest absolute Gasteiger partial charge is 0.265 e. The van der Waals surface area contributed by atoms with E-state index in [9.17, 15) is 9.59 Å². The number of anilines is 1. The van der Waals surface area contributed by atoms with Crippen molar-refractivity contribution >= 4 is 46.9 Å². The van der Waals surface area contributed by atoms with E-state index in [-0.39, 0.29) is 24.4 Å². The van der Waals surface area contributed by atoms with Crippen LogP contribution in [0.1, 0.15) is 43.9 Å². The lowest BCUT2D eigenvalue weighted by Gasteiger charge is -2.30. The van der Waals surface area contributed by atoms with E-state index in [1.807, 2.05) is 73.7 Å². The van der Waals surface area contributed by atoms with Gasteiger partial charge in [0.15, 0.2) is 0 Å². The van der Waals surface area contributed by atoms with Gasteiger partial charge in [-0.25, -0.2) is 0 Å². The molecule has 5 nitrogen and oxygen atoms in total. The molecule has 7 heteroatoms. The molecule has 0 aromatic heterocycles. The van der Waals surface area contributed by atoms with Crippen LogP contribution in [0.4, 0.5) is 5.69 Å². The zero-order valence-corrected chi connectivity index (χ0v) is 21.9. The number of para-hydroxylation sites is 1. The zero-order valence-electron chi connectivity index (χ0n) is 20.4. The van der Waals surface area contributed by atoms with Crippen LogP contribution in [0.2, 0.25) is 5.02 Å². The number of nitrogens with one attached hydrogen (secondary N) is 1. The third-order valence-electron chi connectivity index (χ3n) is 5.85. The van der Waals surface area contributed by atoms with E-state index in [0.29, 0.717) is 16.5 Å². The van der Waals surface area contributed by atoms with Gasteiger partial charge in [0, 0.05) is 9.92 Å². The number of benzene rings is 3. The summed E-state index contributed by atoms with van der Waals surface area (Å²) >= 11 is 7.70. The molecule has 0 saturated carbocycles. The predicted molar refractivity (Wildman–Crippen MR) is 147 cm³/mol. The summed E-state index contributed by atoms with van der Waals surface area (Å²) in [5.41, 5.74) is 2.45. The van der Waals surface area contributed by atoms with Crippen molar-refractivity contribution in [2.24, 2.45) is 0 Å². The first-order chi connectivity index (χ1) is 17.5. The average Bonchev–Trinajstić information content (AvgIpc) is 2.88. The minimum Gasteiger partial charge on any atom is -0.494 e. The number of thioether (sulfide) groups is 1. The van der Waals surface area contributed by atoms with Crippen molar-refractivity contribution in [3.05, 3.63) is 93.9 Å². The van der Waals surface area contributed by atoms with Gasteiger partial charge in [-0.3, -0.25) is 14.5 Å². The van der Waals surface area contributed by atoms with Crippen LogP contribution in [0, 0.1) is 0 Å². The number of halogens is 1. The number of carbonyl (C=O) groups is 2. The second-order valence-electron chi connectivity index (χ2n) is 8.55. The van der Waals surface area contributed by atoms with E-state index in [0.717, 1.165) is 40.3 Å². The van der Waals surface area contributed by atoms with Gasteiger partial charge in [-0.05, 0) is 60.9 Å². The highest BCUT2D eigenvalue weighted by Crippen LogP contribution is 2.42. The van der Waals surface area contributed by atoms with Crippen molar-refractivity contribution in [3.63, 3.8) is 0 Å². The van der Waals surface area contributed by atoms with E-state index in [2.05, 4.69) is 12.2 Å². The average molecular weight is 521 g/mol. The van der Waals surface area contributed by atoms with Crippen LogP contribution in [0.5, 0.6) is 5.75 Å². The number of fused-ring (bicyclic) bond motifs is 1. The highest BCUT2D eigenvalue weighted by atomic mass is 35.5. The molecule has 1 atom stereocenters. The summed E-state index contributed by atoms with van der Waals surface area (Å²) in [4.78, 5) is 29.4. The maximum atomic E-state index is 13.4. The minimum absolute atomic E-state index is 0.0845. The highest BCUT2D eigenvalue weighted by molar-refractivity contribution is 8.04. The molecule has 0 aliphatic carbocycles. The lowest BCUT2D eigenvalue weighted by atomic mass is 10.1. The molecule has 0 fully saturated rings. The molecular formula is C29H29ClN2O3S. The quantitative estimate of drug-likeness (QED) is 0.247. The molecule has 2 amide bonds. The maximum absolute atomic E-state index is 13.4. The van der Waals surface area contributed by atoms with E-state index >= 15 is 0 Å². The minimum atomic E-state index is -0.238. The zero-order chi connectivity index (χ0) is 25.5. The van der Waals surface area contributed by atoms with Crippen LogP contribution in [0.3, 0.4) is 0 Å². The Bertz CT molecular complexity index is 1260. The molecule has 0 bridgehead atoms. The molecule has 0 radical (unpaired) electrons. The molecule has 0 saturated heterocycles. The fourth-order valence-electron chi connectivity index (χ4n) is 3.85. The monoisotopic (exact) mass is 520 g/mol. The van der Waals surface area contributed by atoms with Crippen molar-refractivity contribution in [2.45, 2.75) is 37.6 Å². The molecule has 1 heterocycles. The predicted octanol–water partition coefficient (Wildman–Crippen LogP) is 6.88. The first-order valence-electron chi connectivity index (χ1n) is 12.0. The summed E-state index contributed by atoms with van der Waals surface area (Å²) < 4.78 is 5.72. The first kappa shape index (κ1) is 25.9. The molecule has 1 aliphatic rings. The van der Waals surface area contributed by atoms with Gasteiger partial charge < -0.3 is 10.1 Å². The second-order valence-corrected chi connectivity index (χ2v) is 10.0. The Labute approximate surface area is 221 Å². The van der Waals surface area contributed by atoms with Crippen LogP contribution < -0.4 is 15.0 Å². The Morgan fingerprint density at radius 3 is 2.56 bits per heavy atom. The van der Waals surface area contributed by atoms with Gasteiger partial charge in [0.1, 0.15) is 12.3 Å². The fourth-order valence-corrected chi connectivity index (χ4v) is 5.09. The number of hydrogen-bond donors (Lipinski definition) is 1.